The number of benzene rings is 1. The number of carbonyl (C=O) groups excluding carboxylic acids is 2. The van der Waals surface area contributed by atoms with Gasteiger partial charge in [-0.1, -0.05) is 18.2 Å². The summed E-state index contributed by atoms with van der Waals surface area (Å²) in [6, 6.07) is 7.39. The van der Waals surface area contributed by atoms with E-state index in [9.17, 15) is 14.7 Å². The number of aliphatic carboxylic acids is 1. The summed E-state index contributed by atoms with van der Waals surface area (Å²) in [5.41, 5.74) is 1.47. The lowest BCUT2D eigenvalue weighted by Gasteiger charge is -2.15. The van der Waals surface area contributed by atoms with E-state index in [-0.39, 0.29) is 12.2 Å². The van der Waals surface area contributed by atoms with Gasteiger partial charge in [-0.15, -0.1) is 0 Å². The molecule has 2 rings (SSSR count). The second-order valence-corrected chi connectivity index (χ2v) is 4.07. The molecule has 0 radical (unpaired) electrons. The minimum atomic E-state index is -1.22. The first-order valence-corrected chi connectivity index (χ1v) is 5.36. The molecule has 0 amide bonds. The number of nitrogens with one attached hydrogen (secondary N) is 1. The average molecular weight is 230 g/mol. The number of ketones is 1. The maximum Gasteiger partial charge on any atom is 0.130 e. The number of para-hydroxylation sites is 1. The third kappa shape index (κ3) is 2.20. The van der Waals surface area contributed by atoms with Crippen molar-refractivity contribution >= 4 is 22.7 Å². The molecule has 0 saturated heterocycles. The Labute approximate surface area is 98.3 Å². The van der Waals surface area contributed by atoms with E-state index < -0.39 is 11.9 Å². The van der Waals surface area contributed by atoms with Gasteiger partial charge < -0.3 is 14.9 Å². The Balaban J connectivity index is 2.48. The van der Waals surface area contributed by atoms with Crippen molar-refractivity contribution in [2.45, 2.75) is 19.3 Å². The number of carbonyl (C=O) groups is 2. The lowest BCUT2D eigenvalue weighted by atomic mass is 9.94. The molecule has 0 fully saturated rings. The second-order valence-electron chi connectivity index (χ2n) is 4.07. The Morgan fingerprint density at radius 3 is 2.71 bits per heavy atom. The largest absolute Gasteiger partial charge is 0.549 e. The van der Waals surface area contributed by atoms with Crippen LogP contribution in [-0.2, 0) is 9.59 Å². The molecule has 1 aromatic carbocycles. The van der Waals surface area contributed by atoms with E-state index in [1.807, 2.05) is 24.3 Å². The molecule has 4 nitrogen and oxygen atoms in total. The summed E-state index contributed by atoms with van der Waals surface area (Å²) < 4.78 is 0. The maximum atomic E-state index is 11.1. The van der Waals surface area contributed by atoms with Crippen LogP contribution in [0.3, 0.4) is 0 Å². The summed E-state index contributed by atoms with van der Waals surface area (Å²) in [5, 5.41) is 11.9. The molecule has 2 aromatic rings. The van der Waals surface area contributed by atoms with Crippen molar-refractivity contribution in [1.29, 1.82) is 0 Å². The van der Waals surface area contributed by atoms with Crippen molar-refractivity contribution in [1.82, 2.24) is 4.98 Å². The lowest BCUT2D eigenvalue weighted by molar-refractivity contribution is -0.308. The Hall–Kier alpha value is -2.10. The molecule has 0 aliphatic heterocycles. The zero-order valence-corrected chi connectivity index (χ0v) is 9.40. The fourth-order valence-corrected chi connectivity index (χ4v) is 1.99. The van der Waals surface area contributed by atoms with Crippen LogP contribution in [0.2, 0.25) is 0 Å². The molecular weight excluding hydrogens is 218 g/mol. The first-order valence-electron chi connectivity index (χ1n) is 5.36. The number of fused-ring (bicyclic) bond motifs is 1. The van der Waals surface area contributed by atoms with E-state index in [4.69, 9.17) is 0 Å². The third-order valence-electron chi connectivity index (χ3n) is 2.77. The number of H-pyrrole nitrogens is 1. The van der Waals surface area contributed by atoms with E-state index >= 15 is 0 Å². The number of carboxylic acids is 1. The first kappa shape index (κ1) is 11.4. The molecule has 0 bridgehead atoms. The molecule has 1 N–H and O–H groups in total. The highest BCUT2D eigenvalue weighted by Crippen LogP contribution is 2.27. The van der Waals surface area contributed by atoms with Crippen molar-refractivity contribution in [3.63, 3.8) is 0 Å². The molecule has 0 saturated carbocycles. The highest BCUT2D eigenvalue weighted by molar-refractivity contribution is 5.91. The molecule has 4 heteroatoms. The van der Waals surface area contributed by atoms with Crippen LogP contribution in [0.4, 0.5) is 0 Å². The number of hydrogen-bond donors (Lipinski definition) is 1. The van der Waals surface area contributed by atoms with Crippen molar-refractivity contribution in [3.05, 3.63) is 36.0 Å². The highest BCUT2D eigenvalue weighted by Gasteiger charge is 2.18. The first-order chi connectivity index (χ1) is 8.09. The van der Waals surface area contributed by atoms with Gasteiger partial charge in [0, 0.05) is 35.4 Å². The van der Waals surface area contributed by atoms with Gasteiger partial charge in [0.15, 0.2) is 0 Å². The van der Waals surface area contributed by atoms with Gasteiger partial charge in [-0.25, -0.2) is 0 Å². The van der Waals surface area contributed by atoms with Crippen LogP contribution in [0.1, 0.15) is 24.8 Å². The molecular formula is C13H12NO3-. The molecule has 0 aliphatic rings. The van der Waals surface area contributed by atoms with Crippen LogP contribution in [0.15, 0.2) is 30.5 Å². The molecule has 0 unspecified atom stereocenters. The number of Topliss-reactive ketones (excluding diaryl/α,β-unsaturated/α-hetero) is 1. The minimum Gasteiger partial charge on any atom is -0.549 e. The van der Waals surface area contributed by atoms with E-state index in [0.29, 0.717) is 5.56 Å². The maximum absolute atomic E-state index is 11.1. The van der Waals surface area contributed by atoms with Crippen LogP contribution in [-0.4, -0.2) is 16.7 Å². The SMILES string of the molecule is CC(=O)C[C@H](C(=O)[O-])c1c[nH]c2ccccc12. The molecule has 0 spiro atoms. The van der Waals surface area contributed by atoms with Crippen LogP contribution >= 0.6 is 0 Å². The zero-order chi connectivity index (χ0) is 12.4. The number of hydrogen-bond acceptors (Lipinski definition) is 3. The van der Waals surface area contributed by atoms with Crippen molar-refractivity contribution in [2.75, 3.05) is 0 Å². The zero-order valence-electron chi connectivity index (χ0n) is 9.40. The summed E-state index contributed by atoms with van der Waals surface area (Å²) in [6.07, 6.45) is 1.60. The van der Waals surface area contributed by atoms with Gasteiger partial charge in [-0.05, 0) is 18.6 Å². The summed E-state index contributed by atoms with van der Waals surface area (Å²) in [7, 11) is 0. The van der Waals surface area contributed by atoms with Gasteiger partial charge in [0.2, 0.25) is 0 Å². The van der Waals surface area contributed by atoms with Crippen LogP contribution in [0.25, 0.3) is 10.9 Å². The van der Waals surface area contributed by atoms with Crippen LogP contribution in [0.5, 0.6) is 0 Å². The fraction of sp³-hybridized carbons (Fsp3) is 0.231. The molecule has 0 aliphatic carbocycles. The molecule has 1 heterocycles. The van der Waals surface area contributed by atoms with Gasteiger partial charge in [0.1, 0.15) is 5.78 Å². The fourth-order valence-electron chi connectivity index (χ4n) is 1.99. The van der Waals surface area contributed by atoms with Gasteiger partial charge in [-0.2, -0.15) is 0 Å². The predicted molar refractivity (Wildman–Crippen MR) is 61.3 cm³/mol. The Kier molecular flexibility index (Phi) is 2.95. The Morgan fingerprint density at radius 1 is 1.35 bits per heavy atom. The predicted octanol–water partition coefficient (Wildman–Crippen LogP) is 0.980. The average Bonchev–Trinajstić information content (AvgIpc) is 2.69. The van der Waals surface area contributed by atoms with Crippen molar-refractivity contribution in [2.24, 2.45) is 0 Å². The molecule has 88 valence electrons. The monoisotopic (exact) mass is 230 g/mol. The van der Waals surface area contributed by atoms with Crippen LogP contribution in [0, 0.1) is 0 Å². The highest BCUT2D eigenvalue weighted by atomic mass is 16.4. The van der Waals surface area contributed by atoms with E-state index in [0.717, 1.165) is 10.9 Å². The minimum absolute atomic E-state index is 0.0375. The topological polar surface area (TPSA) is 73.0 Å². The number of rotatable bonds is 4. The van der Waals surface area contributed by atoms with E-state index in [1.54, 1.807) is 6.20 Å². The van der Waals surface area contributed by atoms with E-state index in [2.05, 4.69) is 4.98 Å². The molecule has 17 heavy (non-hydrogen) atoms. The summed E-state index contributed by atoms with van der Waals surface area (Å²) in [6.45, 7) is 1.38. The third-order valence-corrected chi connectivity index (χ3v) is 2.77. The lowest BCUT2D eigenvalue weighted by Crippen LogP contribution is -2.30. The van der Waals surface area contributed by atoms with Gasteiger partial charge >= 0.3 is 0 Å². The van der Waals surface area contributed by atoms with Gasteiger partial charge in [0.25, 0.3) is 0 Å². The summed E-state index contributed by atoms with van der Waals surface area (Å²) in [5.74, 6) is -2.27. The number of aromatic amines is 1. The van der Waals surface area contributed by atoms with Gasteiger partial charge in [-0.3, -0.25) is 4.79 Å². The Morgan fingerprint density at radius 2 is 2.06 bits per heavy atom. The van der Waals surface area contributed by atoms with Crippen molar-refractivity contribution < 1.29 is 14.7 Å². The summed E-state index contributed by atoms with van der Waals surface area (Å²) >= 11 is 0. The Bertz CT molecular complexity index is 571. The van der Waals surface area contributed by atoms with E-state index in [1.165, 1.54) is 6.92 Å². The quantitative estimate of drug-likeness (QED) is 0.850. The van der Waals surface area contributed by atoms with Crippen LogP contribution < -0.4 is 5.11 Å². The standard InChI is InChI=1S/C13H13NO3/c1-8(15)6-10(13(16)17)11-7-14-12-5-3-2-4-9(11)12/h2-5,7,10,14H,6H2,1H3,(H,16,17)/p-1/t10-/m0/s1. The molecule has 1 aromatic heterocycles. The summed E-state index contributed by atoms with van der Waals surface area (Å²) in [4.78, 5) is 25.2. The molecule has 1 atom stereocenters. The van der Waals surface area contributed by atoms with Crippen molar-refractivity contribution in [3.8, 4) is 0 Å². The number of aromatic nitrogens is 1. The second kappa shape index (κ2) is 4.41. The normalized spacial score (nSPS) is 12.5. The number of carboxylic acid groups (broad SMARTS) is 1. The smallest absolute Gasteiger partial charge is 0.130 e. The van der Waals surface area contributed by atoms with Gasteiger partial charge in [0.05, 0.1) is 0 Å².